The van der Waals surface area contributed by atoms with Gasteiger partial charge in [-0.25, -0.2) is 13.2 Å². The Balaban J connectivity index is 1.70. The number of rotatable bonds is 5. The van der Waals surface area contributed by atoms with Crippen molar-refractivity contribution in [3.8, 4) is 5.88 Å². The minimum absolute atomic E-state index is 0.100. The molecule has 130 valence electrons. The van der Waals surface area contributed by atoms with Crippen molar-refractivity contribution < 1.29 is 17.9 Å². The van der Waals surface area contributed by atoms with Gasteiger partial charge in [-0.05, 0) is 32.0 Å². The maximum absolute atomic E-state index is 12.3. The second-order valence-electron chi connectivity index (χ2n) is 5.80. The fourth-order valence-electron chi connectivity index (χ4n) is 2.36. The highest BCUT2D eigenvalue weighted by Gasteiger charge is 2.23. The second-order valence-corrected chi connectivity index (χ2v) is 7.51. The van der Waals surface area contributed by atoms with Crippen LogP contribution in [0.4, 0.5) is 0 Å². The fraction of sp³-hybridized carbons (Fsp3) is 0.167. The second kappa shape index (κ2) is 6.70. The molecule has 0 bridgehead atoms. The molecule has 2 N–H and O–H groups in total. The number of ether oxygens (including phenoxy) is 1. The summed E-state index contributed by atoms with van der Waals surface area (Å²) in [6.07, 6.45) is 0. The minimum Gasteiger partial charge on any atom is -0.408 e. The van der Waals surface area contributed by atoms with Crippen LogP contribution < -0.4 is 9.46 Å². The molecular formula is C18H18N2O4S. The predicted molar refractivity (Wildman–Crippen MR) is 94.9 cm³/mol. The first-order valence-corrected chi connectivity index (χ1v) is 9.22. The van der Waals surface area contributed by atoms with Crippen molar-refractivity contribution in [2.75, 3.05) is 0 Å². The topological polar surface area (TPSA) is 88.3 Å². The highest BCUT2D eigenvalue weighted by molar-refractivity contribution is 7.89. The lowest BCUT2D eigenvalue weighted by atomic mass is 10.2. The normalized spacial score (nSPS) is 12.9. The number of hydrogen-bond donors (Lipinski definition) is 2. The van der Waals surface area contributed by atoms with E-state index in [1.807, 2.05) is 31.2 Å². The summed E-state index contributed by atoms with van der Waals surface area (Å²) in [7, 11) is -3.80. The van der Waals surface area contributed by atoms with Crippen molar-refractivity contribution in [2.45, 2.75) is 24.8 Å². The number of benzene rings is 2. The van der Waals surface area contributed by atoms with Gasteiger partial charge in [0.1, 0.15) is 6.04 Å². The van der Waals surface area contributed by atoms with E-state index < -0.39 is 22.0 Å². The summed E-state index contributed by atoms with van der Waals surface area (Å²) < 4.78 is 32.2. The molecule has 0 amide bonds. The molecule has 3 rings (SSSR count). The van der Waals surface area contributed by atoms with Gasteiger partial charge in [0, 0.05) is 17.0 Å². The zero-order valence-corrected chi connectivity index (χ0v) is 14.6. The SMILES string of the molecule is Cc1ccc(S(=O)(=O)N[C@@H](C)C(=O)Oc2cc3ccccc3[nH]2)cc1. The highest BCUT2D eigenvalue weighted by Crippen LogP contribution is 2.20. The Morgan fingerprint density at radius 1 is 1.12 bits per heavy atom. The summed E-state index contributed by atoms with van der Waals surface area (Å²) >= 11 is 0. The van der Waals surface area contributed by atoms with Gasteiger partial charge in [-0.15, -0.1) is 0 Å². The maximum atomic E-state index is 12.3. The third kappa shape index (κ3) is 3.89. The molecule has 0 unspecified atom stereocenters. The van der Waals surface area contributed by atoms with Gasteiger partial charge in [0.15, 0.2) is 0 Å². The van der Waals surface area contributed by atoms with Gasteiger partial charge >= 0.3 is 5.97 Å². The molecule has 6 nitrogen and oxygen atoms in total. The molecule has 1 atom stereocenters. The molecule has 0 saturated heterocycles. The first-order chi connectivity index (χ1) is 11.8. The largest absolute Gasteiger partial charge is 0.408 e. The summed E-state index contributed by atoms with van der Waals surface area (Å²) in [5.74, 6) is -0.421. The summed E-state index contributed by atoms with van der Waals surface area (Å²) in [6, 6.07) is 14.5. The number of H-pyrrole nitrogens is 1. The van der Waals surface area contributed by atoms with Crippen molar-refractivity contribution in [3.63, 3.8) is 0 Å². The van der Waals surface area contributed by atoms with Gasteiger partial charge in [-0.3, -0.25) is 0 Å². The van der Waals surface area contributed by atoms with Crippen molar-refractivity contribution in [2.24, 2.45) is 0 Å². The van der Waals surface area contributed by atoms with E-state index in [4.69, 9.17) is 4.74 Å². The summed E-state index contributed by atoms with van der Waals surface area (Å²) in [5, 5.41) is 0.901. The number of carbonyl (C=O) groups excluding carboxylic acids is 1. The van der Waals surface area contributed by atoms with Crippen molar-refractivity contribution in [3.05, 3.63) is 60.2 Å². The van der Waals surface area contributed by atoms with E-state index in [9.17, 15) is 13.2 Å². The van der Waals surface area contributed by atoms with E-state index >= 15 is 0 Å². The van der Waals surface area contributed by atoms with Gasteiger partial charge in [0.25, 0.3) is 0 Å². The van der Waals surface area contributed by atoms with Crippen molar-refractivity contribution in [1.82, 2.24) is 9.71 Å². The third-order valence-electron chi connectivity index (χ3n) is 3.73. The molecule has 0 aliphatic carbocycles. The number of nitrogens with one attached hydrogen (secondary N) is 2. The molecule has 0 aliphatic heterocycles. The van der Waals surface area contributed by atoms with Gasteiger partial charge in [0.05, 0.1) is 4.90 Å². The van der Waals surface area contributed by atoms with E-state index in [2.05, 4.69) is 9.71 Å². The van der Waals surface area contributed by atoms with Crippen LogP contribution in [0.3, 0.4) is 0 Å². The predicted octanol–water partition coefficient (Wildman–Crippen LogP) is 2.75. The van der Waals surface area contributed by atoms with Crippen LogP contribution in [0.15, 0.2) is 59.5 Å². The van der Waals surface area contributed by atoms with Gasteiger partial charge in [-0.1, -0.05) is 35.9 Å². The fourth-order valence-corrected chi connectivity index (χ4v) is 3.56. The van der Waals surface area contributed by atoms with Crippen LogP contribution in [0.5, 0.6) is 5.88 Å². The Bertz CT molecular complexity index is 974. The van der Waals surface area contributed by atoms with E-state index in [0.717, 1.165) is 16.5 Å². The van der Waals surface area contributed by atoms with Gasteiger partial charge < -0.3 is 9.72 Å². The molecule has 1 aromatic heterocycles. The lowest BCUT2D eigenvalue weighted by Crippen LogP contribution is -2.40. The Kier molecular flexibility index (Phi) is 4.61. The Labute approximate surface area is 145 Å². The molecule has 0 spiro atoms. The van der Waals surface area contributed by atoms with E-state index in [-0.39, 0.29) is 10.8 Å². The summed E-state index contributed by atoms with van der Waals surface area (Å²) in [5.41, 5.74) is 1.78. The molecule has 7 heteroatoms. The number of aromatic nitrogens is 1. The zero-order chi connectivity index (χ0) is 18.0. The molecule has 0 saturated carbocycles. The van der Waals surface area contributed by atoms with E-state index in [0.29, 0.717) is 0 Å². The number of esters is 1. The van der Waals surface area contributed by atoms with Crippen LogP contribution in [0, 0.1) is 6.92 Å². The lowest BCUT2D eigenvalue weighted by molar-refractivity contribution is -0.136. The third-order valence-corrected chi connectivity index (χ3v) is 5.29. The maximum Gasteiger partial charge on any atom is 0.330 e. The Hall–Kier alpha value is -2.64. The molecule has 1 heterocycles. The first kappa shape index (κ1) is 17.2. The van der Waals surface area contributed by atoms with Crippen LogP contribution in [-0.2, 0) is 14.8 Å². The van der Waals surface area contributed by atoms with Gasteiger partial charge in [-0.2, -0.15) is 4.72 Å². The monoisotopic (exact) mass is 358 g/mol. The molecule has 0 radical (unpaired) electrons. The number of carbonyl (C=O) groups is 1. The van der Waals surface area contributed by atoms with Crippen molar-refractivity contribution in [1.29, 1.82) is 0 Å². The molecular weight excluding hydrogens is 340 g/mol. The van der Waals surface area contributed by atoms with Crippen molar-refractivity contribution >= 4 is 26.9 Å². The first-order valence-electron chi connectivity index (χ1n) is 7.73. The zero-order valence-electron chi connectivity index (χ0n) is 13.8. The number of aryl methyl sites for hydroxylation is 1. The van der Waals surface area contributed by atoms with E-state index in [1.54, 1.807) is 18.2 Å². The minimum atomic E-state index is -3.80. The smallest absolute Gasteiger partial charge is 0.330 e. The Morgan fingerprint density at radius 3 is 2.48 bits per heavy atom. The van der Waals surface area contributed by atoms with Crippen LogP contribution in [-0.4, -0.2) is 25.4 Å². The number of aromatic amines is 1. The average molecular weight is 358 g/mol. The van der Waals surface area contributed by atoms with Crippen LogP contribution in [0.1, 0.15) is 12.5 Å². The molecule has 3 aromatic rings. The standard InChI is InChI=1S/C18H18N2O4S/c1-12-7-9-15(10-8-12)25(22,23)20-13(2)18(21)24-17-11-14-5-3-4-6-16(14)19-17/h3-11,13,19-20H,1-2H3/t13-/m0/s1. The molecule has 25 heavy (non-hydrogen) atoms. The average Bonchev–Trinajstić information content (AvgIpc) is 2.97. The molecule has 0 aliphatic rings. The summed E-state index contributed by atoms with van der Waals surface area (Å²) in [6.45, 7) is 3.31. The number of para-hydroxylation sites is 1. The quantitative estimate of drug-likeness (QED) is 0.687. The number of hydrogen-bond acceptors (Lipinski definition) is 4. The van der Waals surface area contributed by atoms with Gasteiger partial charge in [0.2, 0.25) is 15.9 Å². The van der Waals surface area contributed by atoms with E-state index in [1.165, 1.54) is 19.1 Å². The van der Waals surface area contributed by atoms with Crippen LogP contribution in [0.25, 0.3) is 10.9 Å². The number of sulfonamides is 1. The Morgan fingerprint density at radius 2 is 1.80 bits per heavy atom. The number of fused-ring (bicyclic) bond motifs is 1. The lowest BCUT2D eigenvalue weighted by Gasteiger charge is -2.13. The molecule has 2 aromatic carbocycles. The van der Waals surface area contributed by atoms with Crippen LogP contribution >= 0.6 is 0 Å². The van der Waals surface area contributed by atoms with Crippen LogP contribution in [0.2, 0.25) is 0 Å². The molecule has 0 fully saturated rings. The summed E-state index contributed by atoms with van der Waals surface area (Å²) in [4.78, 5) is 15.2. The highest BCUT2D eigenvalue weighted by atomic mass is 32.2.